The Morgan fingerprint density at radius 3 is 2.64 bits per heavy atom. The molecule has 0 aliphatic heterocycles. The standard InChI is InChI=1S/C20H19N3O4S/c1-13-3-2-4-16(11-13)27-12-17-22-23-20(28-17)19(26)21-15-8-5-14(6-9-15)7-10-18(24)25/h2-6,8-9,11H,7,10,12H2,1H3,(H,21,26)(H,24,25). The molecule has 0 bridgehead atoms. The van der Waals surface area contributed by atoms with Crippen LogP contribution in [-0.2, 0) is 17.8 Å². The number of carbonyl (C=O) groups excluding carboxylic acids is 1. The molecule has 0 atom stereocenters. The fourth-order valence-electron chi connectivity index (χ4n) is 2.44. The zero-order valence-corrected chi connectivity index (χ0v) is 16.0. The lowest BCUT2D eigenvalue weighted by Gasteiger charge is -2.04. The molecule has 0 saturated carbocycles. The molecule has 0 unspecified atom stereocenters. The van der Waals surface area contributed by atoms with Crippen molar-refractivity contribution < 1.29 is 19.4 Å². The first kappa shape index (κ1) is 19.5. The maximum absolute atomic E-state index is 12.3. The molecule has 0 radical (unpaired) electrons. The number of aromatic nitrogens is 2. The Kier molecular flexibility index (Phi) is 6.33. The molecule has 7 nitrogen and oxygen atoms in total. The minimum atomic E-state index is -0.837. The zero-order chi connectivity index (χ0) is 19.9. The summed E-state index contributed by atoms with van der Waals surface area (Å²) in [5.41, 5.74) is 2.60. The predicted molar refractivity (Wildman–Crippen MR) is 106 cm³/mol. The molecule has 2 aromatic carbocycles. The quantitative estimate of drug-likeness (QED) is 0.601. The van der Waals surface area contributed by atoms with E-state index in [9.17, 15) is 9.59 Å². The minimum Gasteiger partial charge on any atom is -0.486 e. The van der Waals surface area contributed by atoms with Gasteiger partial charge in [0.2, 0.25) is 5.01 Å². The van der Waals surface area contributed by atoms with Crippen molar-refractivity contribution >= 4 is 28.9 Å². The zero-order valence-electron chi connectivity index (χ0n) is 15.2. The van der Waals surface area contributed by atoms with Crippen molar-refractivity contribution in [1.82, 2.24) is 10.2 Å². The van der Waals surface area contributed by atoms with Gasteiger partial charge in [0.25, 0.3) is 5.91 Å². The van der Waals surface area contributed by atoms with E-state index in [1.54, 1.807) is 24.3 Å². The Morgan fingerprint density at radius 2 is 1.93 bits per heavy atom. The van der Waals surface area contributed by atoms with Crippen LogP contribution in [0.25, 0.3) is 0 Å². The minimum absolute atomic E-state index is 0.0733. The number of hydrogen-bond donors (Lipinski definition) is 2. The summed E-state index contributed by atoms with van der Waals surface area (Å²) in [6.45, 7) is 2.23. The first-order chi connectivity index (χ1) is 13.5. The van der Waals surface area contributed by atoms with E-state index < -0.39 is 5.97 Å². The molecule has 28 heavy (non-hydrogen) atoms. The predicted octanol–water partition coefficient (Wildman–Crippen LogP) is 3.70. The number of carbonyl (C=O) groups is 2. The van der Waals surface area contributed by atoms with Gasteiger partial charge >= 0.3 is 5.97 Å². The van der Waals surface area contributed by atoms with Crippen LogP contribution in [0.15, 0.2) is 48.5 Å². The molecule has 1 amide bonds. The summed E-state index contributed by atoms with van der Waals surface area (Å²) in [4.78, 5) is 22.9. The number of benzene rings is 2. The molecule has 0 spiro atoms. The van der Waals surface area contributed by atoms with Crippen LogP contribution in [0.5, 0.6) is 5.75 Å². The molecule has 1 aromatic heterocycles. The second-order valence-electron chi connectivity index (χ2n) is 6.15. The topological polar surface area (TPSA) is 101 Å². The summed E-state index contributed by atoms with van der Waals surface area (Å²) in [6, 6.07) is 14.7. The largest absolute Gasteiger partial charge is 0.486 e. The SMILES string of the molecule is Cc1cccc(OCc2nnc(C(=O)Nc3ccc(CCC(=O)O)cc3)s2)c1. The number of aliphatic carboxylic acids is 1. The molecule has 0 fully saturated rings. The number of ether oxygens (including phenoxy) is 1. The molecular weight excluding hydrogens is 378 g/mol. The van der Waals surface area contributed by atoms with Crippen molar-refractivity contribution in [3.8, 4) is 5.75 Å². The molecule has 0 saturated heterocycles. The molecule has 8 heteroatoms. The molecule has 0 aliphatic carbocycles. The highest BCUT2D eigenvalue weighted by Crippen LogP contribution is 2.18. The van der Waals surface area contributed by atoms with Gasteiger partial charge in [-0.15, -0.1) is 10.2 Å². The number of nitrogens with zero attached hydrogens (tertiary/aromatic N) is 2. The highest BCUT2D eigenvalue weighted by molar-refractivity contribution is 7.13. The van der Waals surface area contributed by atoms with Crippen LogP contribution < -0.4 is 10.1 Å². The second kappa shape index (κ2) is 9.09. The van der Waals surface area contributed by atoms with Gasteiger partial charge in [-0.2, -0.15) is 0 Å². The average Bonchev–Trinajstić information content (AvgIpc) is 3.15. The van der Waals surface area contributed by atoms with Crippen molar-refractivity contribution in [2.24, 2.45) is 0 Å². The molecule has 0 aliphatic rings. The maximum atomic E-state index is 12.3. The third-order valence-electron chi connectivity index (χ3n) is 3.85. The van der Waals surface area contributed by atoms with E-state index in [2.05, 4.69) is 15.5 Å². The summed E-state index contributed by atoms with van der Waals surface area (Å²) in [5.74, 6) is -0.447. The number of anilines is 1. The Hall–Kier alpha value is -3.26. The molecular formula is C20H19N3O4S. The van der Waals surface area contributed by atoms with Gasteiger partial charge in [-0.3, -0.25) is 9.59 Å². The van der Waals surface area contributed by atoms with Gasteiger partial charge in [0, 0.05) is 12.1 Å². The van der Waals surface area contributed by atoms with E-state index in [4.69, 9.17) is 9.84 Å². The van der Waals surface area contributed by atoms with E-state index in [0.717, 1.165) is 16.9 Å². The molecule has 1 heterocycles. The fourth-order valence-corrected chi connectivity index (χ4v) is 3.09. The Labute approximate surface area is 166 Å². The summed E-state index contributed by atoms with van der Waals surface area (Å²) < 4.78 is 5.67. The summed E-state index contributed by atoms with van der Waals surface area (Å²) >= 11 is 1.17. The normalized spacial score (nSPS) is 10.5. The van der Waals surface area contributed by atoms with E-state index in [1.165, 1.54) is 11.3 Å². The van der Waals surface area contributed by atoms with Crippen LogP contribution in [0, 0.1) is 6.92 Å². The monoisotopic (exact) mass is 397 g/mol. The van der Waals surface area contributed by atoms with E-state index in [1.807, 2.05) is 31.2 Å². The Bertz CT molecular complexity index is 970. The lowest BCUT2D eigenvalue weighted by Crippen LogP contribution is -2.11. The van der Waals surface area contributed by atoms with Crippen LogP contribution in [0.3, 0.4) is 0 Å². The number of nitrogens with one attached hydrogen (secondary N) is 1. The first-order valence-corrected chi connectivity index (χ1v) is 9.45. The van der Waals surface area contributed by atoms with Crippen LogP contribution >= 0.6 is 11.3 Å². The van der Waals surface area contributed by atoms with Crippen molar-refractivity contribution in [2.75, 3.05) is 5.32 Å². The van der Waals surface area contributed by atoms with Gasteiger partial charge < -0.3 is 15.2 Å². The molecule has 3 aromatic rings. The van der Waals surface area contributed by atoms with Gasteiger partial charge in [-0.05, 0) is 48.7 Å². The molecule has 144 valence electrons. The first-order valence-electron chi connectivity index (χ1n) is 8.63. The van der Waals surface area contributed by atoms with Crippen LogP contribution in [0.2, 0.25) is 0 Å². The second-order valence-corrected chi connectivity index (χ2v) is 7.21. The lowest BCUT2D eigenvalue weighted by atomic mass is 10.1. The average molecular weight is 397 g/mol. The summed E-state index contributed by atoms with van der Waals surface area (Å²) in [5, 5.41) is 20.2. The third kappa shape index (κ3) is 5.62. The number of hydrogen-bond acceptors (Lipinski definition) is 6. The van der Waals surface area contributed by atoms with Crippen LogP contribution in [0.1, 0.15) is 32.4 Å². The molecule has 2 N–H and O–H groups in total. The number of carboxylic acid groups (broad SMARTS) is 1. The number of carboxylic acids is 1. The number of amides is 1. The maximum Gasteiger partial charge on any atom is 0.303 e. The molecule has 3 rings (SSSR count). The van der Waals surface area contributed by atoms with Crippen molar-refractivity contribution in [3.63, 3.8) is 0 Å². The Balaban J connectivity index is 1.54. The van der Waals surface area contributed by atoms with E-state index >= 15 is 0 Å². The fraction of sp³-hybridized carbons (Fsp3) is 0.200. The van der Waals surface area contributed by atoms with E-state index in [-0.39, 0.29) is 23.9 Å². The highest BCUT2D eigenvalue weighted by Gasteiger charge is 2.13. The van der Waals surface area contributed by atoms with Crippen molar-refractivity contribution in [1.29, 1.82) is 0 Å². The highest BCUT2D eigenvalue weighted by atomic mass is 32.1. The smallest absolute Gasteiger partial charge is 0.303 e. The van der Waals surface area contributed by atoms with Gasteiger partial charge in [-0.1, -0.05) is 35.6 Å². The number of rotatable bonds is 8. The number of aryl methyl sites for hydroxylation is 2. The van der Waals surface area contributed by atoms with Crippen molar-refractivity contribution in [2.45, 2.75) is 26.4 Å². The van der Waals surface area contributed by atoms with Gasteiger partial charge in [0.05, 0.1) is 0 Å². The van der Waals surface area contributed by atoms with Crippen LogP contribution in [0.4, 0.5) is 5.69 Å². The Morgan fingerprint density at radius 1 is 1.14 bits per heavy atom. The summed E-state index contributed by atoms with van der Waals surface area (Å²) in [7, 11) is 0. The van der Waals surface area contributed by atoms with Crippen LogP contribution in [-0.4, -0.2) is 27.2 Å². The van der Waals surface area contributed by atoms with Gasteiger partial charge in [0.1, 0.15) is 12.4 Å². The lowest BCUT2D eigenvalue weighted by molar-refractivity contribution is -0.136. The summed E-state index contributed by atoms with van der Waals surface area (Å²) in [6.07, 6.45) is 0.522. The third-order valence-corrected chi connectivity index (χ3v) is 4.75. The van der Waals surface area contributed by atoms with Crippen molar-refractivity contribution in [3.05, 3.63) is 69.7 Å². The van der Waals surface area contributed by atoms with Gasteiger partial charge in [0.15, 0.2) is 5.01 Å². The van der Waals surface area contributed by atoms with E-state index in [0.29, 0.717) is 17.1 Å². The van der Waals surface area contributed by atoms with Gasteiger partial charge in [-0.25, -0.2) is 0 Å².